The van der Waals surface area contributed by atoms with Gasteiger partial charge >= 0.3 is 0 Å². The van der Waals surface area contributed by atoms with Crippen molar-refractivity contribution in [1.29, 1.82) is 0 Å². The van der Waals surface area contributed by atoms with Gasteiger partial charge in [-0.1, -0.05) is 0 Å². The van der Waals surface area contributed by atoms with Gasteiger partial charge in [-0.15, -0.1) is 0 Å². The second-order valence-corrected chi connectivity index (χ2v) is 6.09. The van der Waals surface area contributed by atoms with Crippen LogP contribution in [0.25, 0.3) is 5.65 Å². The molecule has 0 bridgehead atoms. The van der Waals surface area contributed by atoms with E-state index in [0.29, 0.717) is 11.2 Å². The van der Waals surface area contributed by atoms with Gasteiger partial charge in [0.2, 0.25) is 5.91 Å². The van der Waals surface area contributed by atoms with Crippen molar-refractivity contribution in [2.45, 2.75) is 32.2 Å². The van der Waals surface area contributed by atoms with Crippen LogP contribution in [-0.4, -0.2) is 56.9 Å². The summed E-state index contributed by atoms with van der Waals surface area (Å²) in [6.45, 7) is 2.36. The predicted octanol–water partition coefficient (Wildman–Crippen LogP) is 1.50. The second kappa shape index (κ2) is 5.98. The largest absolute Gasteiger partial charge is 0.345 e. The van der Waals surface area contributed by atoms with E-state index >= 15 is 0 Å². The molecule has 0 radical (unpaired) electrons. The van der Waals surface area contributed by atoms with E-state index in [9.17, 15) is 9.59 Å². The summed E-state index contributed by atoms with van der Waals surface area (Å²) in [7, 11) is 3.41. The van der Waals surface area contributed by atoms with Crippen LogP contribution in [0.4, 0.5) is 0 Å². The third-order valence-electron chi connectivity index (χ3n) is 4.32. The molecule has 0 saturated carbocycles. The molecule has 23 heavy (non-hydrogen) atoms. The number of piperidine rings is 1. The maximum atomic E-state index is 12.2. The number of aromatic nitrogens is 3. The smallest absolute Gasteiger partial charge is 0.258 e. The van der Waals surface area contributed by atoms with Gasteiger partial charge in [0.1, 0.15) is 5.56 Å². The van der Waals surface area contributed by atoms with E-state index < -0.39 is 0 Å². The molecule has 0 spiro atoms. The predicted molar refractivity (Wildman–Crippen MR) is 85.0 cm³/mol. The summed E-state index contributed by atoms with van der Waals surface area (Å²) < 4.78 is 1.70. The van der Waals surface area contributed by atoms with E-state index in [4.69, 9.17) is 0 Å². The van der Waals surface area contributed by atoms with Crippen LogP contribution in [0.1, 0.15) is 48.3 Å². The monoisotopic (exact) mass is 315 g/mol. The van der Waals surface area contributed by atoms with Crippen molar-refractivity contribution in [3.8, 4) is 0 Å². The first kappa shape index (κ1) is 15.5. The highest BCUT2D eigenvalue weighted by Crippen LogP contribution is 2.31. The molecule has 0 N–H and O–H groups in total. The fraction of sp³-hybridized carbons (Fsp3) is 0.500. The molecule has 3 heterocycles. The molecule has 0 aliphatic carbocycles. The minimum absolute atomic E-state index is 0.0195. The van der Waals surface area contributed by atoms with Crippen molar-refractivity contribution >= 4 is 17.5 Å². The van der Waals surface area contributed by atoms with Crippen LogP contribution in [0.2, 0.25) is 0 Å². The van der Waals surface area contributed by atoms with Crippen molar-refractivity contribution in [2.24, 2.45) is 0 Å². The number of carbonyl (C=O) groups excluding carboxylic acids is 2. The third-order valence-corrected chi connectivity index (χ3v) is 4.32. The van der Waals surface area contributed by atoms with Gasteiger partial charge in [-0.05, 0) is 25.3 Å². The van der Waals surface area contributed by atoms with E-state index in [2.05, 4.69) is 10.1 Å². The number of hydrogen-bond acceptors (Lipinski definition) is 4. The lowest BCUT2D eigenvalue weighted by molar-refractivity contribution is -0.132. The van der Waals surface area contributed by atoms with Crippen molar-refractivity contribution in [2.75, 3.05) is 20.6 Å². The molecule has 2 aromatic rings. The molecule has 0 unspecified atom stereocenters. The molecule has 1 aliphatic heterocycles. The Balaban J connectivity index is 2.08. The van der Waals surface area contributed by atoms with Gasteiger partial charge in [-0.2, -0.15) is 5.10 Å². The Bertz CT molecular complexity index is 752. The zero-order valence-corrected chi connectivity index (χ0v) is 13.7. The number of fused-ring (bicyclic) bond motifs is 1. The van der Waals surface area contributed by atoms with Gasteiger partial charge < -0.3 is 9.80 Å². The molecular formula is C16H21N5O2. The quantitative estimate of drug-likeness (QED) is 0.842. The minimum Gasteiger partial charge on any atom is -0.345 e. The Hall–Kier alpha value is -2.44. The van der Waals surface area contributed by atoms with Gasteiger partial charge in [0, 0.05) is 33.8 Å². The van der Waals surface area contributed by atoms with E-state index in [1.54, 1.807) is 37.9 Å². The van der Waals surface area contributed by atoms with Crippen LogP contribution in [0.3, 0.4) is 0 Å². The minimum atomic E-state index is -0.128. The Labute approximate surface area is 134 Å². The van der Waals surface area contributed by atoms with Crippen LogP contribution in [-0.2, 0) is 4.79 Å². The summed E-state index contributed by atoms with van der Waals surface area (Å²) in [5.41, 5.74) is 1.92. The normalized spacial score (nSPS) is 18.2. The van der Waals surface area contributed by atoms with Gasteiger partial charge in [-0.25, -0.2) is 9.50 Å². The number of hydrogen-bond donors (Lipinski definition) is 0. The molecule has 1 atom stereocenters. The Kier molecular flexibility index (Phi) is 4.02. The molecule has 7 heteroatoms. The Morgan fingerprint density at radius 3 is 2.78 bits per heavy atom. The summed E-state index contributed by atoms with van der Waals surface area (Å²) in [6.07, 6.45) is 6.23. The van der Waals surface area contributed by atoms with Gasteiger partial charge in [0.25, 0.3) is 5.91 Å². The van der Waals surface area contributed by atoms with Crippen LogP contribution in [0.5, 0.6) is 0 Å². The number of rotatable bonds is 2. The topological polar surface area (TPSA) is 70.8 Å². The number of carbonyl (C=O) groups is 2. The fourth-order valence-electron chi connectivity index (χ4n) is 3.17. The summed E-state index contributed by atoms with van der Waals surface area (Å²) >= 11 is 0. The molecule has 2 aromatic heterocycles. The first-order valence-corrected chi connectivity index (χ1v) is 7.82. The highest BCUT2D eigenvalue weighted by atomic mass is 16.2. The van der Waals surface area contributed by atoms with Crippen LogP contribution >= 0.6 is 0 Å². The van der Waals surface area contributed by atoms with Crippen LogP contribution in [0, 0.1) is 0 Å². The molecule has 1 aliphatic rings. The van der Waals surface area contributed by atoms with Crippen LogP contribution in [0.15, 0.2) is 18.5 Å². The standard InChI is InChI=1S/C16H21N5O2/c1-11(22)20-9-5-4-6-13(20)14-7-8-17-15-12(10-18-21(14)15)16(23)19(2)3/h7-8,10,13H,4-6,9H2,1-3H3/t13-/m0/s1. The molecule has 1 saturated heterocycles. The molecule has 1 fully saturated rings. The average Bonchev–Trinajstić information content (AvgIpc) is 2.97. The molecule has 2 amide bonds. The Morgan fingerprint density at radius 1 is 1.30 bits per heavy atom. The zero-order chi connectivity index (χ0) is 16.6. The van der Waals surface area contributed by atoms with Crippen molar-refractivity contribution < 1.29 is 9.59 Å². The van der Waals surface area contributed by atoms with Crippen molar-refractivity contribution in [1.82, 2.24) is 24.4 Å². The van der Waals surface area contributed by atoms with E-state index in [1.807, 2.05) is 11.0 Å². The number of amides is 2. The maximum absolute atomic E-state index is 12.2. The zero-order valence-electron chi connectivity index (χ0n) is 13.7. The lowest BCUT2D eigenvalue weighted by atomic mass is 9.99. The summed E-state index contributed by atoms with van der Waals surface area (Å²) in [5.74, 6) is -0.0619. The van der Waals surface area contributed by atoms with E-state index in [0.717, 1.165) is 31.5 Å². The second-order valence-electron chi connectivity index (χ2n) is 6.09. The molecular weight excluding hydrogens is 294 g/mol. The van der Waals surface area contributed by atoms with Crippen LogP contribution < -0.4 is 0 Å². The lowest BCUT2D eigenvalue weighted by Gasteiger charge is -2.35. The van der Waals surface area contributed by atoms with E-state index in [1.165, 1.54) is 4.90 Å². The number of likely N-dealkylation sites (tertiary alicyclic amines) is 1. The first-order chi connectivity index (χ1) is 11.0. The maximum Gasteiger partial charge on any atom is 0.258 e. The van der Waals surface area contributed by atoms with Gasteiger partial charge in [0.05, 0.1) is 17.9 Å². The SMILES string of the molecule is CC(=O)N1CCCC[C@H]1c1ccnc2c(C(=O)N(C)C)cnn12. The lowest BCUT2D eigenvalue weighted by Crippen LogP contribution is -2.37. The first-order valence-electron chi connectivity index (χ1n) is 7.82. The summed E-state index contributed by atoms with van der Waals surface area (Å²) in [6, 6.07) is 1.87. The highest BCUT2D eigenvalue weighted by Gasteiger charge is 2.29. The van der Waals surface area contributed by atoms with E-state index in [-0.39, 0.29) is 17.9 Å². The molecule has 3 rings (SSSR count). The molecule has 122 valence electrons. The average molecular weight is 315 g/mol. The number of nitrogens with zero attached hydrogens (tertiary/aromatic N) is 5. The van der Waals surface area contributed by atoms with Gasteiger partial charge in [0.15, 0.2) is 5.65 Å². The Morgan fingerprint density at radius 2 is 2.09 bits per heavy atom. The highest BCUT2D eigenvalue weighted by molar-refractivity contribution is 5.99. The summed E-state index contributed by atoms with van der Waals surface area (Å²) in [4.78, 5) is 31.9. The fourth-order valence-corrected chi connectivity index (χ4v) is 3.17. The van der Waals surface area contributed by atoms with Gasteiger partial charge in [-0.3, -0.25) is 9.59 Å². The van der Waals surface area contributed by atoms with Crippen molar-refractivity contribution in [3.63, 3.8) is 0 Å². The molecule has 0 aromatic carbocycles. The van der Waals surface area contributed by atoms with Crippen molar-refractivity contribution in [3.05, 3.63) is 29.7 Å². The third kappa shape index (κ3) is 2.67. The summed E-state index contributed by atoms with van der Waals surface area (Å²) in [5, 5.41) is 4.36. The molecule has 7 nitrogen and oxygen atoms in total.